The van der Waals surface area contributed by atoms with Crippen LogP contribution in [-0.2, 0) is 4.79 Å². The molecule has 0 unspecified atom stereocenters. The lowest BCUT2D eigenvalue weighted by molar-refractivity contribution is -0.137. The smallest absolute Gasteiger partial charge is 0.290 e. The van der Waals surface area contributed by atoms with Crippen molar-refractivity contribution in [2.45, 2.75) is 52.0 Å². The first-order chi connectivity index (χ1) is 13.4. The van der Waals surface area contributed by atoms with E-state index in [9.17, 15) is 9.59 Å². The molecule has 1 aliphatic heterocycles. The minimum absolute atomic E-state index is 0.0367. The van der Waals surface area contributed by atoms with Crippen molar-refractivity contribution in [1.82, 2.24) is 15.4 Å². The number of nitrogens with zero attached hydrogens (tertiary/aromatic N) is 2. The molecule has 0 spiro atoms. The van der Waals surface area contributed by atoms with Gasteiger partial charge in [0.05, 0.1) is 11.1 Å². The second kappa shape index (κ2) is 7.08. The van der Waals surface area contributed by atoms with Crippen LogP contribution in [0, 0.1) is 19.3 Å². The number of likely N-dealkylation sites (tertiary alicyclic amines) is 1. The van der Waals surface area contributed by atoms with Crippen LogP contribution in [0.1, 0.15) is 59.5 Å². The largest absolute Gasteiger partial charge is 0.350 e. The molecule has 2 aliphatic rings. The van der Waals surface area contributed by atoms with Gasteiger partial charge in [0.15, 0.2) is 0 Å². The zero-order chi connectivity index (χ0) is 19.9. The number of aryl methyl sites for hydroxylation is 1. The fraction of sp³-hybridized carbons (Fsp3) is 0.500. The number of rotatable bonds is 5. The first-order valence-electron chi connectivity index (χ1n) is 9.99. The molecule has 3 atom stereocenters. The normalized spacial score (nSPS) is 26.3. The van der Waals surface area contributed by atoms with Gasteiger partial charge in [-0.3, -0.25) is 9.59 Å². The number of nitrogens with one attached hydrogen (secondary N) is 1. The van der Waals surface area contributed by atoms with Crippen molar-refractivity contribution in [1.29, 1.82) is 0 Å². The molecule has 0 radical (unpaired) electrons. The van der Waals surface area contributed by atoms with Crippen LogP contribution >= 0.6 is 0 Å². The van der Waals surface area contributed by atoms with E-state index in [1.807, 2.05) is 36.9 Å². The summed E-state index contributed by atoms with van der Waals surface area (Å²) in [6.45, 7) is 6.91. The lowest BCUT2D eigenvalue weighted by Crippen LogP contribution is -2.45. The van der Waals surface area contributed by atoms with Gasteiger partial charge in [-0.2, -0.15) is 0 Å². The van der Waals surface area contributed by atoms with E-state index in [1.165, 1.54) is 5.56 Å². The first kappa shape index (κ1) is 18.7. The van der Waals surface area contributed by atoms with E-state index in [0.717, 1.165) is 37.1 Å². The fourth-order valence-corrected chi connectivity index (χ4v) is 4.33. The van der Waals surface area contributed by atoms with Crippen molar-refractivity contribution in [2.24, 2.45) is 5.41 Å². The van der Waals surface area contributed by atoms with Crippen LogP contribution in [0.25, 0.3) is 0 Å². The molecule has 148 valence electrons. The Morgan fingerprint density at radius 1 is 1.29 bits per heavy atom. The van der Waals surface area contributed by atoms with Crippen LogP contribution in [0.4, 0.5) is 0 Å². The maximum absolute atomic E-state index is 13.3. The molecule has 6 nitrogen and oxygen atoms in total. The van der Waals surface area contributed by atoms with Gasteiger partial charge in [-0.25, -0.2) is 0 Å². The molecular formula is C22H27N3O3. The summed E-state index contributed by atoms with van der Waals surface area (Å²) >= 11 is 0. The van der Waals surface area contributed by atoms with Gasteiger partial charge in [0.1, 0.15) is 0 Å². The number of carbonyl (C=O) groups excluding carboxylic acids is 2. The van der Waals surface area contributed by atoms with Crippen LogP contribution in [-0.4, -0.2) is 41.0 Å². The Morgan fingerprint density at radius 2 is 2.04 bits per heavy atom. The molecule has 0 bridgehead atoms. The van der Waals surface area contributed by atoms with Crippen molar-refractivity contribution in [3.63, 3.8) is 0 Å². The Kier molecular flexibility index (Phi) is 4.73. The summed E-state index contributed by atoms with van der Waals surface area (Å²) in [5.41, 5.74) is 2.38. The lowest BCUT2D eigenvalue weighted by atomic mass is 9.99. The third kappa shape index (κ3) is 3.21. The SMILES string of the molecule is Cc1noc(C(=O)NC[C@H]2CCCN2C(=O)[C@@]2(C)C[C@@H]2c2ccccc2)c1C. The quantitative estimate of drug-likeness (QED) is 0.863. The van der Waals surface area contributed by atoms with E-state index in [4.69, 9.17) is 4.52 Å². The molecule has 2 amide bonds. The summed E-state index contributed by atoms with van der Waals surface area (Å²) in [7, 11) is 0. The Labute approximate surface area is 165 Å². The predicted octanol–water partition coefficient (Wildman–Crippen LogP) is 3.21. The predicted molar refractivity (Wildman–Crippen MR) is 105 cm³/mol. The Morgan fingerprint density at radius 3 is 2.71 bits per heavy atom. The van der Waals surface area contributed by atoms with Crippen LogP contribution in [0.5, 0.6) is 0 Å². The zero-order valence-corrected chi connectivity index (χ0v) is 16.7. The van der Waals surface area contributed by atoms with Crippen LogP contribution in [0.15, 0.2) is 34.9 Å². The number of amides is 2. The van der Waals surface area contributed by atoms with Gasteiger partial charge >= 0.3 is 0 Å². The summed E-state index contributed by atoms with van der Waals surface area (Å²) in [6.07, 6.45) is 2.77. The number of hydrogen-bond donors (Lipinski definition) is 1. The zero-order valence-electron chi connectivity index (χ0n) is 16.7. The van der Waals surface area contributed by atoms with Gasteiger partial charge in [-0.15, -0.1) is 0 Å². The van der Waals surface area contributed by atoms with Crippen molar-refractivity contribution in [2.75, 3.05) is 13.1 Å². The number of hydrogen-bond acceptors (Lipinski definition) is 4. The van der Waals surface area contributed by atoms with Gasteiger partial charge < -0.3 is 14.7 Å². The van der Waals surface area contributed by atoms with Gasteiger partial charge in [0.25, 0.3) is 5.91 Å². The minimum atomic E-state index is -0.327. The van der Waals surface area contributed by atoms with Crippen LogP contribution in [0.3, 0.4) is 0 Å². The standard InChI is InChI=1S/C22H27N3O3/c1-14-15(2)24-28-19(14)20(26)23-13-17-10-7-11-25(17)21(27)22(3)12-18(22)16-8-5-4-6-9-16/h4-6,8-9,17-18H,7,10-13H2,1-3H3,(H,23,26)/t17-,18-,22+/m1/s1. The first-order valence-corrected chi connectivity index (χ1v) is 9.99. The highest BCUT2D eigenvalue weighted by Crippen LogP contribution is 2.60. The fourth-order valence-electron chi connectivity index (χ4n) is 4.33. The lowest BCUT2D eigenvalue weighted by Gasteiger charge is -2.28. The molecule has 1 saturated heterocycles. The van der Waals surface area contributed by atoms with E-state index >= 15 is 0 Å². The van der Waals surface area contributed by atoms with Gasteiger partial charge in [-0.1, -0.05) is 42.4 Å². The molecule has 1 saturated carbocycles. The highest BCUT2D eigenvalue weighted by molar-refractivity contribution is 5.93. The van der Waals surface area contributed by atoms with Crippen molar-refractivity contribution >= 4 is 11.8 Å². The molecule has 28 heavy (non-hydrogen) atoms. The van der Waals surface area contributed by atoms with Gasteiger partial charge in [-0.05, 0) is 44.6 Å². The molecule has 1 N–H and O–H groups in total. The molecule has 4 rings (SSSR count). The van der Waals surface area contributed by atoms with Crippen molar-refractivity contribution in [3.8, 4) is 0 Å². The monoisotopic (exact) mass is 381 g/mol. The van der Waals surface area contributed by atoms with Gasteiger partial charge in [0, 0.05) is 24.7 Å². The third-order valence-electron chi connectivity index (χ3n) is 6.43. The van der Waals surface area contributed by atoms with E-state index in [-0.39, 0.29) is 34.9 Å². The van der Waals surface area contributed by atoms with E-state index < -0.39 is 0 Å². The summed E-state index contributed by atoms with van der Waals surface area (Å²) in [5.74, 6) is 0.491. The average Bonchev–Trinajstić information content (AvgIpc) is 3.02. The Hall–Kier alpha value is -2.63. The molecule has 2 aromatic rings. The topological polar surface area (TPSA) is 75.4 Å². The van der Waals surface area contributed by atoms with Crippen LogP contribution < -0.4 is 5.32 Å². The number of benzene rings is 1. The molecule has 2 heterocycles. The summed E-state index contributed by atoms with van der Waals surface area (Å²) in [4.78, 5) is 27.7. The Bertz CT molecular complexity index is 892. The molecule has 2 fully saturated rings. The van der Waals surface area contributed by atoms with E-state index in [2.05, 4.69) is 29.5 Å². The second-order valence-corrected chi connectivity index (χ2v) is 8.31. The molecule has 1 aromatic heterocycles. The number of carbonyl (C=O) groups is 2. The van der Waals surface area contributed by atoms with E-state index in [0.29, 0.717) is 6.54 Å². The highest BCUT2D eigenvalue weighted by atomic mass is 16.5. The van der Waals surface area contributed by atoms with Crippen molar-refractivity contribution in [3.05, 3.63) is 52.9 Å². The number of aromatic nitrogens is 1. The highest BCUT2D eigenvalue weighted by Gasteiger charge is 2.58. The molecular weight excluding hydrogens is 354 g/mol. The maximum atomic E-state index is 13.3. The third-order valence-corrected chi connectivity index (χ3v) is 6.43. The summed E-state index contributed by atoms with van der Waals surface area (Å²) in [5, 5.41) is 6.77. The van der Waals surface area contributed by atoms with Crippen molar-refractivity contribution < 1.29 is 14.1 Å². The second-order valence-electron chi connectivity index (χ2n) is 8.31. The van der Waals surface area contributed by atoms with Crippen LogP contribution in [0.2, 0.25) is 0 Å². The average molecular weight is 381 g/mol. The summed E-state index contributed by atoms with van der Waals surface area (Å²) < 4.78 is 5.13. The Balaban J connectivity index is 1.39. The minimum Gasteiger partial charge on any atom is -0.350 e. The molecule has 1 aliphatic carbocycles. The maximum Gasteiger partial charge on any atom is 0.290 e. The van der Waals surface area contributed by atoms with Gasteiger partial charge in [0.2, 0.25) is 11.7 Å². The molecule has 6 heteroatoms. The summed E-state index contributed by atoms with van der Waals surface area (Å²) in [6, 6.07) is 10.3. The molecule has 1 aromatic carbocycles. The van der Waals surface area contributed by atoms with E-state index in [1.54, 1.807) is 0 Å².